The zero-order valence-corrected chi connectivity index (χ0v) is 13.0. The Morgan fingerprint density at radius 2 is 1.80 bits per heavy atom. The molecule has 20 heavy (non-hydrogen) atoms. The van der Waals surface area contributed by atoms with Crippen LogP contribution in [-0.4, -0.2) is 12.8 Å². The Labute approximate surface area is 129 Å². The van der Waals surface area contributed by atoms with Crippen LogP contribution < -0.4 is 9.64 Å². The van der Waals surface area contributed by atoms with Crippen LogP contribution in [0.2, 0.25) is 10.0 Å². The van der Waals surface area contributed by atoms with E-state index < -0.39 is 0 Å². The molecule has 0 aliphatic heterocycles. The zero-order chi connectivity index (χ0) is 14.5. The summed E-state index contributed by atoms with van der Waals surface area (Å²) in [4.78, 5) is 2.15. The van der Waals surface area contributed by atoms with Crippen molar-refractivity contribution >= 4 is 28.9 Å². The number of ether oxygens (including phenoxy) is 1. The van der Waals surface area contributed by atoms with Crippen molar-refractivity contribution < 1.29 is 4.74 Å². The van der Waals surface area contributed by atoms with Gasteiger partial charge in [0.2, 0.25) is 0 Å². The summed E-state index contributed by atoms with van der Waals surface area (Å²) in [5.41, 5.74) is 1.11. The molecule has 106 valence electrons. The molecule has 0 radical (unpaired) electrons. The number of hydrogen-bond donors (Lipinski definition) is 0. The van der Waals surface area contributed by atoms with Crippen LogP contribution in [-0.2, 0) is 0 Å². The number of rotatable bonds is 5. The van der Waals surface area contributed by atoms with E-state index in [1.54, 1.807) is 18.2 Å². The van der Waals surface area contributed by atoms with E-state index in [0.717, 1.165) is 12.2 Å². The van der Waals surface area contributed by atoms with Crippen LogP contribution in [0.3, 0.4) is 0 Å². The number of hydrogen-bond acceptors (Lipinski definition) is 2. The van der Waals surface area contributed by atoms with Crippen molar-refractivity contribution in [3.8, 4) is 5.75 Å². The topological polar surface area (TPSA) is 12.5 Å². The van der Waals surface area contributed by atoms with Crippen LogP contribution in [0.1, 0.15) is 13.8 Å². The molecule has 4 heteroatoms. The standard InChI is InChI=1S/C16H17Cl2NO/c1-3-19(14-7-5-4-6-8-14)12(2)20-16-11-13(17)9-10-15(16)18/h4-12H,3H2,1-2H3. The molecule has 0 saturated carbocycles. The summed E-state index contributed by atoms with van der Waals surface area (Å²) in [5, 5.41) is 1.17. The van der Waals surface area contributed by atoms with Crippen LogP contribution >= 0.6 is 23.2 Å². The highest BCUT2D eigenvalue weighted by Gasteiger charge is 2.15. The molecule has 0 aliphatic rings. The molecule has 0 fully saturated rings. The lowest BCUT2D eigenvalue weighted by Gasteiger charge is -2.30. The average molecular weight is 310 g/mol. The number of para-hydroxylation sites is 1. The Morgan fingerprint density at radius 3 is 2.45 bits per heavy atom. The van der Waals surface area contributed by atoms with E-state index in [1.165, 1.54) is 0 Å². The van der Waals surface area contributed by atoms with Crippen LogP contribution in [0.5, 0.6) is 5.75 Å². The number of benzene rings is 2. The zero-order valence-electron chi connectivity index (χ0n) is 11.5. The van der Waals surface area contributed by atoms with Gasteiger partial charge in [-0.15, -0.1) is 0 Å². The lowest BCUT2D eigenvalue weighted by Crippen LogP contribution is -2.37. The quantitative estimate of drug-likeness (QED) is 0.700. The first-order chi connectivity index (χ1) is 9.61. The molecular formula is C16H17Cl2NO. The first-order valence-corrected chi connectivity index (χ1v) is 7.30. The molecule has 2 aromatic rings. The largest absolute Gasteiger partial charge is 0.469 e. The minimum atomic E-state index is -0.140. The average Bonchev–Trinajstić information content (AvgIpc) is 2.45. The summed E-state index contributed by atoms with van der Waals surface area (Å²) < 4.78 is 5.94. The van der Waals surface area contributed by atoms with Crippen molar-refractivity contribution in [3.63, 3.8) is 0 Å². The highest BCUT2D eigenvalue weighted by atomic mass is 35.5. The maximum absolute atomic E-state index is 6.13. The van der Waals surface area contributed by atoms with Gasteiger partial charge in [-0.2, -0.15) is 0 Å². The minimum absolute atomic E-state index is 0.140. The van der Waals surface area contributed by atoms with Crippen molar-refractivity contribution in [2.75, 3.05) is 11.4 Å². The van der Waals surface area contributed by atoms with E-state index in [0.29, 0.717) is 15.8 Å². The van der Waals surface area contributed by atoms with Crippen molar-refractivity contribution in [3.05, 3.63) is 58.6 Å². The van der Waals surface area contributed by atoms with E-state index in [2.05, 4.69) is 24.0 Å². The molecule has 0 aromatic heterocycles. The second-order valence-corrected chi connectivity index (χ2v) is 5.26. The van der Waals surface area contributed by atoms with Gasteiger partial charge in [0, 0.05) is 23.3 Å². The Morgan fingerprint density at radius 1 is 1.10 bits per heavy atom. The lowest BCUT2D eigenvalue weighted by atomic mass is 10.3. The van der Waals surface area contributed by atoms with Crippen molar-refractivity contribution in [1.82, 2.24) is 0 Å². The molecule has 0 heterocycles. The summed E-state index contributed by atoms with van der Waals surface area (Å²) >= 11 is 12.1. The Kier molecular flexibility index (Phi) is 5.16. The molecule has 2 rings (SSSR count). The monoisotopic (exact) mass is 309 g/mol. The van der Waals surface area contributed by atoms with Crippen LogP contribution in [0.25, 0.3) is 0 Å². The molecule has 0 bridgehead atoms. The SMILES string of the molecule is CCN(c1ccccc1)C(C)Oc1cc(Cl)ccc1Cl. The van der Waals surface area contributed by atoms with Gasteiger partial charge in [-0.3, -0.25) is 0 Å². The van der Waals surface area contributed by atoms with E-state index in [4.69, 9.17) is 27.9 Å². The summed E-state index contributed by atoms with van der Waals surface area (Å²) in [5.74, 6) is 0.598. The second kappa shape index (κ2) is 6.87. The van der Waals surface area contributed by atoms with Gasteiger partial charge in [-0.05, 0) is 38.1 Å². The summed E-state index contributed by atoms with van der Waals surface area (Å²) in [6.07, 6.45) is -0.140. The molecule has 0 N–H and O–H groups in total. The highest BCUT2D eigenvalue weighted by Crippen LogP contribution is 2.29. The van der Waals surface area contributed by atoms with Gasteiger partial charge in [-0.25, -0.2) is 0 Å². The molecule has 1 unspecified atom stereocenters. The molecule has 0 spiro atoms. The van der Waals surface area contributed by atoms with Gasteiger partial charge in [0.1, 0.15) is 5.75 Å². The predicted molar refractivity (Wildman–Crippen MR) is 86.0 cm³/mol. The Bertz CT molecular complexity index is 560. The van der Waals surface area contributed by atoms with Crippen molar-refractivity contribution in [2.24, 2.45) is 0 Å². The molecule has 2 aromatic carbocycles. The molecule has 0 aliphatic carbocycles. The van der Waals surface area contributed by atoms with Gasteiger partial charge < -0.3 is 9.64 Å². The molecule has 2 nitrogen and oxygen atoms in total. The number of halogens is 2. The lowest BCUT2D eigenvalue weighted by molar-refractivity contribution is 0.216. The summed E-state index contributed by atoms with van der Waals surface area (Å²) in [7, 11) is 0. The van der Waals surface area contributed by atoms with Gasteiger partial charge in [-0.1, -0.05) is 41.4 Å². The molecule has 1 atom stereocenters. The second-order valence-electron chi connectivity index (χ2n) is 4.41. The Balaban J connectivity index is 2.17. The normalized spacial score (nSPS) is 12.0. The van der Waals surface area contributed by atoms with Crippen LogP contribution in [0, 0.1) is 0 Å². The smallest absolute Gasteiger partial charge is 0.169 e. The fourth-order valence-electron chi connectivity index (χ4n) is 2.08. The van der Waals surface area contributed by atoms with Gasteiger partial charge in [0.15, 0.2) is 6.23 Å². The molecule has 0 saturated heterocycles. The third kappa shape index (κ3) is 3.59. The first kappa shape index (κ1) is 15.0. The Hall–Kier alpha value is -1.38. The fraction of sp³-hybridized carbons (Fsp3) is 0.250. The maximum atomic E-state index is 6.13. The number of nitrogens with zero attached hydrogens (tertiary/aromatic N) is 1. The minimum Gasteiger partial charge on any atom is -0.469 e. The predicted octanol–water partition coefficient (Wildman–Crippen LogP) is 5.24. The highest BCUT2D eigenvalue weighted by molar-refractivity contribution is 6.34. The van der Waals surface area contributed by atoms with E-state index in [9.17, 15) is 0 Å². The van der Waals surface area contributed by atoms with E-state index in [-0.39, 0.29) is 6.23 Å². The third-order valence-corrected chi connectivity index (χ3v) is 3.61. The van der Waals surface area contributed by atoms with Crippen molar-refractivity contribution in [2.45, 2.75) is 20.1 Å². The van der Waals surface area contributed by atoms with E-state index >= 15 is 0 Å². The fourth-order valence-corrected chi connectivity index (χ4v) is 2.41. The third-order valence-electron chi connectivity index (χ3n) is 3.06. The molecule has 0 amide bonds. The van der Waals surface area contributed by atoms with Crippen LogP contribution in [0.4, 0.5) is 5.69 Å². The summed E-state index contributed by atoms with van der Waals surface area (Å²) in [6, 6.07) is 15.4. The van der Waals surface area contributed by atoms with Crippen LogP contribution in [0.15, 0.2) is 48.5 Å². The number of anilines is 1. The summed E-state index contributed by atoms with van der Waals surface area (Å²) in [6.45, 7) is 4.92. The van der Waals surface area contributed by atoms with Gasteiger partial charge in [0.25, 0.3) is 0 Å². The maximum Gasteiger partial charge on any atom is 0.169 e. The van der Waals surface area contributed by atoms with Gasteiger partial charge in [0.05, 0.1) is 5.02 Å². The first-order valence-electron chi connectivity index (χ1n) is 6.55. The van der Waals surface area contributed by atoms with E-state index in [1.807, 2.05) is 25.1 Å². The van der Waals surface area contributed by atoms with Gasteiger partial charge >= 0.3 is 0 Å². The molecular weight excluding hydrogens is 293 g/mol. The van der Waals surface area contributed by atoms with Crippen molar-refractivity contribution in [1.29, 1.82) is 0 Å².